The fourth-order valence-electron chi connectivity index (χ4n) is 3.72. The van der Waals surface area contributed by atoms with Gasteiger partial charge in [-0.25, -0.2) is 0 Å². The maximum Gasteiger partial charge on any atom is 0.173 e. The first-order valence-corrected chi connectivity index (χ1v) is 7.77. The molecular formula is C18H18O7. The van der Waals surface area contributed by atoms with Gasteiger partial charge in [0.05, 0.1) is 16.6 Å². The van der Waals surface area contributed by atoms with Crippen molar-refractivity contribution in [2.75, 3.05) is 0 Å². The molecule has 1 aromatic carbocycles. The van der Waals surface area contributed by atoms with Crippen LogP contribution in [0.25, 0.3) is 0 Å². The summed E-state index contributed by atoms with van der Waals surface area (Å²) in [7, 11) is 0. The Morgan fingerprint density at radius 2 is 1.72 bits per heavy atom. The number of ether oxygens (including phenoxy) is 1. The van der Waals surface area contributed by atoms with Crippen molar-refractivity contribution in [2.24, 2.45) is 0 Å². The number of allylic oxidation sites excluding steroid dienone is 1. The van der Waals surface area contributed by atoms with Gasteiger partial charge in [-0.2, -0.15) is 0 Å². The maximum atomic E-state index is 12.2. The summed E-state index contributed by atoms with van der Waals surface area (Å²) in [4.78, 5) is 36.0. The highest BCUT2D eigenvalue weighted by Crippen LogP contribution is 2.58. The summed E-state index contributed by atoms with van der Waals surface area (Å²) in [5.74, 6) is -2.94. The average molecular weight is 346 g/mol. The maximum absolute atomic E-state index is 12.2. The van der Waals surface area contributed by atoms with Crippen molar-refractivity contribution in [2.45, 2.75) is 45.6 Å². The van der Waals surface area contributed by atoms with Gasteiger partial charge in [-0.1, -0.05) is 0 Å². The van der Waals surface area contributed by atoms with Gasteiger partial charge in [-0.05, 0) is 27.7 Å². The van der Waals surface area contributed by atoms with Crippen molar-refractivity contribution in [1.29, 1.82) is 0 Å². The van der Waals surface area contributed by atoms with Crippen LogP contribution >= 0.6 is 0 Å². The van der Waals surface area contributed by atoms with Crippen molar-refractivity contribution in [3.05, 3.63) is 28.0 Å². The Labute approximate surface area is 143 Å². The van der Waals surface area contributed by atoms with E-state index in [0.717, 1.165) is 0 Å². The number of carbonyl (C=O) groups is 3. The molecule has 1 aliphatic carbocycles. The van der Waals surface area contributed by atoms with E-state index in [2.05, 4.69) is 0 Å². The van der Waals surface area contributed by atoms with Crippen LogP contribution in [0.3, 0.4) is 0 Å². The molecule has 3 rings (SSSR count). The molecular weight excluding hydrogens is 328 g/mol. The second-order valence-electron chi connectivity index (χ2n) is 6.67. The van der Waals surface area contributed by atoms with Gasteiger partial charge in [-0.15, -0.1) is 0 Å². The summed E-state index contributed by atoms with van der Waals surface area (Å²) < 4.78 is 5.72. The molecule has 0 bridgehead atoms. The monoisotopic (exact) mass is 346 g/mol. The first-order valence-electron chi connectivity index (χ1n) is 7.77. The molecule has 7 nitrogen and oxygen atoms in total. The van der Waals surface area contributed by atoms with E-state index in [1.54, 1.807) is 0 Å². The second-order valence-corrected chi connectivity index (χ2v) is 6.67. The third-order valence-electron chi connectivity index (χ3n) is 5.14. The lowest BCUT2D eigenvalue weighted by molar-refractivity contribution is -0.123. The molecule has 0 saturated carbocycles. The summed E-state index contributed by atoms with van der Waals surface area (Å²) in [5, 5.41) is 31.5. The van der Waals surface area contributed by atoms with Gasteiger partial charge < -0.3 is 20.1 Å². The van der Waals surface area contributed by atoms with Gasteiger partial charge in [0.2, 0.25) is 0 Å². The van der Waals surface area contributed by atoms with Crippen LogP contribution in [-0.2, 0) is 15.0 Å². The standard InChI is InChI=1S/C18H18O7/c1-6-14(22)12(8(3)20)16-13(15(6)23)18(4)10(25-16)5-9(21)11(7(2)19)17(18)24/h10,22-24H,5H2,1-4H3. The molecule has 1 aliphatic heterocycles. The summed E-state index contributed by atoms with van der Waals surface area (Å²) in [6.45, 7) is 5.37. The molecule has 0 saturated heterocycles. The Hall–Kier alpha value is -2.83. The van der Waals surface area contributed by atoms with E-state index in [0.29, 0.717) is 0 Å². The molecule has 1 aromatic rings. The number of benzene rings is 1. The predicted molar refractivity (Wildman–Crippen MR) is 86.2 cm³/mol. The molecule has 0 fully saturated rings. The zero-order valence-electron chi connectivity index (χ0n) is 14.3. The lowest BCUT2D eigenvalue weighted by Gasteiger charge is -2.34. The van der Waals surface area contributed by atoms with Crippen molar-refractivity contribution in [3.63, 3.8) is 0 Å². The smallest absolute Gasteiger partial charge is 0.173 e. The van der Waals surface area contributed by atoms with Gasteiger partial charge in [-0.3, -0.25) is 14.4 Å². The van der Waals surface area contributed by atoms with Crippen molar-refractivity contribution in [1.82, 2.24) is 0 Å². The minimum Gasteiger partial charge on any atom is -0.510 e. The first kappa shape index (κ1) is 17.0. The van der Waals surface area contributed by atoms with Crippen LogP contribution in [0.4, 0.5) is 0 Å². The van der Waals surface area contributed by atoms with Crippen molar-refractivity contribution >= 4 is 17.3 Å². The van der Waals surface area contributed by atoms with Crippen LogP contribution in [-0.4, -0.2) is 38.8 Å². The van der Waals surface area contributed by atoms with Crippen molar-refractivity contribution in [3.8, 4) is 17.2 Å². The van der Waals surface area contributed by atoms with Gasteiger partial charge in [0.1, 0.15) is 34.7 Å². The Morgan fingerprint density at radius 3 is 2.24 bits per heavy atom. The number of fused-ring (bicyclic) bond motifs is 3. The van der Waals surface area contributed by atoms with Crippen molar-refractivity contribution < 1.29 is 34.4 Å². The number of aliphatic hydroxyl groups excluding tert-OH is 1. The number of hydrogen-bond acceptors (Lipinski definition) is 7. The number of phenolic OH excluding ortho intramolecular Hbond substituents is 2. The van der Waals surface area contributed by atoms with Crippen LogP contribution in [0.15, 0.2) is 11.3 Å². The van der Waals surface area contributed by atoms with Gasteiger partial charge >= 0.3 is 0 Å². The van der Waals surface area contributed by atoms with E-state index in [-0.39, 0.29) is 40.2 Å². The molecule has 2 atom stereocenters. The molecule has 0 amide bonds. The van der Waals surface area contributed by atoms with Crippen LogP contribution in [0.1, 0.15) is 48.7 Å². The Bertz CT molecular complexity index is 893. The van der Waals surface area contributed by atoms with Gasteiger partial charge in [0.25, 0.3) is 0 Å². The number of aliphatic hydroxyl groups is 1. The highest BCUT2D eigenvalue weighted by Gasteiger charge is 2.57. The molecule has 0 spiro atoms. The molecule has 132 valence electrons. The topological polar surface area (TPSA) is 121 Å². The Balaban J connectivity index is 2.43. The number of ketones is 3. The molecule has 0 aromatic heterocycles. The molecule has 3 N–H and O–H groups in total. The number of Topliss-reactive ketones (excluding diaryl/α,β-unsaturated/α-hetero) is 3. The fourth-order valence-corrected chi connectivity index (χ4v) is 3.72. The van der Waals surface area contributed by atoms with E-state index in [1.165, 1.54) is 27.7 Å². The molecule has 2 unspecified atom stereocenters. The minimum atomic E-state index is -1.38. The van der Waals surface area contributed by atoms with E-state index < -0.39 is 40.4 Å². The highest BCUT2D eigenvalue weighted by atomic mass is 16.5. The minimum absolute atomic E-state index is 0.0588. The predicted octanol–water partition coefficient (Wildman–Crippen LogP) is 2.00. The molecule has 2 aliphatic rings. The zero-order chi connectivity index (χ0) is 18.8. The van der Waals surface area contributed by atoms with Gasteiger partial charge in [0, 0.05) is 12.0 Å². The molecule has 7 heteroatoms. The van der Waals surface area contributed by atoms with E-state index in [1.807, 2.05) is 0 Å². The lowest BCUT2D eigenvalue weighted by Crippen LogP contribution is -2.45. The fraction of sp³-hybridized carbons (Fsp3) is 0.389. The average Bonchev–Trinajstić information content (AvgIpc) is 2.78. The molecule has 0 radical (unpaired) electrons. The quantitative estimate of drug-likeness (QED) is 0.553. The number of aromatic hydroxyl groups is 2. The van der Waals surface area contributed by atoms with Crippen LogP contribution in [0.2, 0.25) is 0 Å². The van der Waals surface area contributed by atoms with Gasteiger partial charge in [0.15, 0.2) is 17.3 Å². The summed E-state index contributed by atoms with van der Waals surface area (Å²) in [6.07, 6.45) is -1.09. The van der Waals surface area contributed by atoms with E-state index >= 15 is 0 Å². The second kappa shape index (κ2) is 5.08. The highest BCUT2D eigenvalue weighted by molar-refractivity contribution is 6.21. The van der Waals surface area contributed by atoms with E-state index in [9.17, 15) is 29.7 Å². The molecule has 25 heavy (non-hydrogen) atoms. The normalized spacial score (nSPS) is 24.6. The molecule has 1 heterocycles. The van der Waals surface area contributed by atoms with Crippen LogP contribution < -0.4 is 4.74 Å². The number of carbonyl (C=O) groups excluding carboxylic acids is 3. The number of hydrogen-bond donors (Lipinski definition) is 3. The Morgan fingerprint density at radius 1 is 1.12 bits per heavy atom. The third-order valence-corrected chi connectivity index (χ3v) is 5.14. The van der Waals surface area contributed by atoms with Crippen LogP contribution in [0.5, 0.6) is 17.2 Å². The zero-order valence-corrected chi connectivity index (χ0v) is 14.3. The first-order chi connectivity index (χ1) is 11.5. The Kier molecular flexibility index (Phi) is 3.46. The van der Waals surface area contributed by atoms with E-state index in [4.69, 9.17) is 4.74 Å². The van der Waals surface area contributed by atoms with Crippen LogP contribution in [0, 0.1) is 6.92 Å². The number of rotatable bonds is 2. The lowest BCUT2D eigenvalue weighted by atomic mass is 9.68. The SMILES string of the molecule is CC(=O)C1=C(O)C2(C)c3c(O)c(C)c(O)c(C(C)=O)c3OC2CC1=O. The third kappa shape index (κ3) is 1.95. The summed E-state index contributed by atoms with van der Waals surface area (Å²) in [6, 6.07) is 0. The summed E-state index contributed by atoms with van der Waals surface area (Å²) in [5.41, 5.74) is -1.67. The largest absolute Gasteiger partial charge is 0.510 e. The summed E-state index contributed by atoms with van der Waals surface area (Å²) >= 11 is 0. The number of phenols is 2.